The highest BCUT2D eigenvalue weighted by Crippen LogP contribution is 2.32. The number of aliphatic hydroxyl groups excluding tert-OH is 1. The van der Waals surface area contributed by atoms with Gasteiger partial charge in [-0.05, 0) is 24.5 Å². The first kappa shape index (κ1) is 13.9. The normalized spacial score (nSPS) is 12.4. The van der Waals surface area contributed by atoms with Gasteiger partial charge in [-0.3, -0.25) is 0 Å². The quantitative estimate of drug-likeness (QED) is 0.819. The van der Waals surface area contributed by atoms with Gasteiger partial charge in [0.05, 0.1) is 17.2 Å². The van der Waals surface area contributed by atoms with Gasteiger partial charge in [-0.15, -0.1) is 5.10 Å². The van der Waals surface area contributed by atoms with Crippen LogP contribution in [-0.4, -0.2) is 35.0 Å². The molecule has 0 spiro atoms. The van der Waals surface area contributed by atoms with Crippen LogP contribution in [0, 0.1) is 6.92 Å². The lowest BCUT2D eigenvalue weighted by Crippen LogP contribution is -2.08. The van der Waals surface area contributed by atoms with Crippen LogP contribution >= 0.6 is 11.5 Å². The molecule has 0 saturated carbocycles. The fraction of sp³-hybridized carbons (Fsp3) is 0.385. The highest BCUT2D eigenvalue weighted by Gasteiger charge is 2.19. The summed E-state index contributed by atoms with van der Waals surface area (Å²) in [5, 5.41) is 14.3. The Morgan fingerprint density at radius 2 is 2.11 bits per heavy atom. The fourth-order valence-electron chi connectivity index (χ4n) is 1.70. The average Bonchev–Trinajstić information content (AvgIpc) is 2.85. The molecule has 0 bridgehead atoms. The number of para-hydroxylation sites is 1. The first-order chi connectivity index (χ1) is 9.24. The highest BCUT2D eigenvalue weighted by atomic mass is 32.1. The standard InChI is InChI=1S/C13H16N2O3S/c1-9-13(19-15-14-9)12(16)10-5-3-4-6-11(10)18-8-7-17-2/h3-6,12,16H,7-8H2,1-2H3. The van der Waals surface area contributed by atoms with E-state index in [-0.39, 0.29) is 0 Å². The van der Waals surface area contributed by atoms with Gasteiger partial charge >= 0.3 is 0 Å². The van der Waals surface area contributed by atoms with E-state index in [0.717, 1.165) is 10.6 Å². The van der Waals surface area contributed by atoms with Crippen LogP contribution in [0.25, 0.3) is 0 Å². The Kier molecular flexibility index (Phi) is 4.84. The predicted molar refractivity (Wildman–Crippen MR) is 72.5 cm³/mol. The molecule has 2 rings (SSSR count). The molecule has 1 heterocycles. The number of ether oxygens (including phenoxy) is 2. The first-order valence-corrected chi connectivity index (χ1v) is 6.69. The number of rotatable bonds is 6. The lowest BCUT2D eigenvalue weighted by molar-refractivity contribution is 0.142. The van der Waals surface area contributed by atoms with Crippen LogP contribution in [0.1, 0.15) is 22.2 Å². The molecular weight excluding hydrogens is 264 g/mol. The van der Waals surface area contributed by atoms with Crippen LogP contribution in [0.4, 0.5) is 0 Å². The van der Waals surface area contributed by atoms with Crippen molar-refractivity contribution in [2.75, 3.05) is 20.3 Å². The summed E-state index contributed by atoms with van der Waals surface area (Å²) in [5.74, 6) is 0.653. The van der Waals surface area contributed by atoms with Crippen molar-refractivity contribution in [1.82, 2.24) is 9.59 Å². The zero-order chi connectivity index (χ0) is 13.7. The molecule has 6 heteroatoms. The van der Waals surface area contributed by atoms with Crippen LogP contribution in [0.5, 0.6) is 5.75 Å². The van der Waals surface area contributed by atoms with E-state index < -0.39 is 6.10 Å². The van der Waals surface area contributed by atoms with Gasteiger partial charge < -0.3 is 14.6 Å². The van der Waals surface area contributed by atoms with Crippen LogP contribution in [0.15, 0.2) is 24.3 Å². The number of aliphatic hydroxyl groups is 1. The molecule has 102 valence electrons. The summed E-state index contributed by atoms with van der Waals surface area (Å²) in [7, 11) is 1.62. The third-order valence-corrected chi connectivity index (χ3v) is 3.57. The van der Waals surface area contributed by atoms with Crippen LogP contribution in [-0.2, 0) is 4.74 Å². The van der Waals surface area contributed by atoms with E-state index in [9.17, 15) is 5.11 Å². The molecule has 1 aromatic heterocycles. The largest absolute Gasteiger partial charge is 0.491 e. The third-order valence-electron chi connectivity index (χ3n) is 2.69. The second-order valence-electron chi connectivity index (χ2n) is 4.00. The lowest BCUT2D eigenvalue weighted by atomic mass is 10.1. The van der Waals surface area contributed by atoms with Gasteiger partial charge in [-0.2, -0.15) is 0 Å². The summed E-state index contributed by atoms with van der Waals surface area (Å²) >= 11 is 1.20. The van der Waals surface area contributed by atoms with Crippen molar-refractivity contribution in [3.05, 3.63) is 40.4 Å². The molecule has 0 aliphatic carbocycles. The fourth-order valence-corrected chi connectivity index (χ4v) is 2.35. The molecule has 0 amide bonds. The number of benzene rings is 1. The van der Waals surface area contributed by atoms with Gasteiger partial charge in [0.25, 0.3) is 0 Å². The zero-order valence-corrected chi connectivity index (χ0v) is 11.7. The number of aryl methyl sites for hydroxylation is 1. The van der Waals surface area contributed by atoms with Gasteiger partial charge in [0.1, 0.15) is 18.5 Å². The van der Waals surface area contributed by atoms with Crippen LogP contribution in [0.2, 0.25) is 0 Å². The van der Waals surface area contributed by atoms with Crippen molar-refractivity contribution in [1.29, 1.82) is 0 Å². The molecular formula is C13H16N2O3S. The van der Waals surface area contributed by atoms with Crippen molar-refractivity contribution < 1.29 is 14.6 Å². The summed E-state index contributed by atoms with van der Waals surface area (Å²) in [4.78, 5) is 0.739. The van der Waals surface area contributed by atoms with E-state index in [0.29, 0.717) is 24.5 Å². The maximum absolute atomic E-state index is 10.4. The SMILES string of the molecule is COCCOc1ccccc1C(O)c1snnc1C. The molecule has 1 N–H and O–H groups in total. The summed E-state index contributed by atoms with van der Waals surface area (Å²) in [6.45, 7) is 2.78. The maximum Gasteiger partial charge on any atom is 0.125 e. The minimum Gasteiger partial charge on any atom is -0.491 e. The summed E-state index contributed by atoms with van der Waals surface area (Å²) in [5.41, 5.74) is 1.46. The van der Waals surface area contributed by atoms with Gasteiger partial charge in [0.2, 0.25) is 0 Å². The van der Waals surface area contributed by atoms with Crippen molar-refractivity contribution in [3.63, 3.8) is 0 Å². The number of hydrogen-bond donors (Lipinski definition) is 1. The molecule has 5 nitrogen and oxygen atoms in total. The van der Waals surface area contributed by atoms with Crippen LogP contribution in [0.3, 0.4) is 0 Å². The maximum atomic E-state index is 10.4. The Labute approximate surface area is 116 Å². The molecule has 19 heavy (non-hydrogen) atoms. The number of nitrogens with zero attached hydrogens (tertiary/aromatic N) is 2. The number of hydrogen-bond acceptors (Lipinski definition) is 6. The van der Waals surface area contributed by atoms with E-state index in [1.54, 1.807) is 7.11 Å². The van der Waals surface area contributed by atoms with Crippen molar-refractivity contribution in [2.24, 2.45) is 0 Å². The molecule has 0 fully saturated rings. The van der Waals surface area contributed by atoms with E-state index in [4.69, 9.17) is 9.47 Å². The monoisotopic (exact) mass is 280 g/mol. The van der Waals surface area contributed by atoms with Gasteiger partial charge in [0, 0.05) is 12.7 Å². The number of methoxy groups -OCH3 is 1. The molecule has 0 saturated heterocycles. The molecule has 2 aromatic rings. The predicted octanol–water partition coefficient (Wildman–Crippen LogP) is 1.95. The molecule has 1 unspecified atom stereocenters. The Balaban J connectivity index is 2.21. The van der Waals surface area contributed by atoms with Gasteiger partial charge in [0.15, 0.2) is 0 Å². The molecule has 1 aromatic carbocycles. The molecule has 0 aliphatic heterocycles. The summed E-state index contributed by atoms with van der Waals surface area (Å²) in [6.07, 6.45) is -0.765. The highest BCUT2D eigenvalue weighted by molar-refractivity contribution is 7.05. The van der Waals surface area contributed by atoms with Crippen LogP contribution < -0.4 is 4.74 Å². The lowest BCUT2D eigenvalue weighted by Gasteiger charge is -2.15. The Bertz CT molecular complexity index is 530. The summed E-state index contributed by atoms with van der Waals surface area (Å²) in [6, 6.07) is 7.41. The zero-order valence-electron chi connectivity index (χ0n) is 10.9. The van der Waals surface area contributed by atoms with E-state index >= 15 is 0 Å². The topological polar surface area (TPSA) is 64.5 Å². The van der Waals surface area contributed by atoms with E-state index in [1.807, 2.05) is 31.2 Å². The minimum atomic E-state index is -0.765. The first-order valence-electron chi connectivity index (χ1n) is 5.91. The molecule has 1 atom stereocenters. The Hall–Kier alpha value is -1.50. The van der Waals surface area contributed by atoms with E-state index in [2.05, 4.69) is 9.59 Å². The smallest absolute Gasteiger partial charge is 0.125 e. The van der Waals surface area contributed by atoms with Crippen molar-refractivity contribution >= 4 is 11.5 Å². The second-order valence-corrected chi connectivity index (χ2v) is 4.79. The van der Waals surface area contributed by atoms with Gasteiger partial charge in [-0.1, -0.05) is 22.7 Å². The Morgan fingerprint density at radius 1 is 1.32 bits per heavy atom. The van der Waals surface area contributed by atoms with E-state index in [1.165, 1.54) is 11.5 Å². The molecule has 0 aliphatic rings. The molecule has 0 radical (unpaired) electrons. The minimum absolute atomic E-state index is 0.445. The van der Waals surface area contributed by atoms with Gasteiger partial charge in [-0.25, -0.2) is 0 Å². The van der Waals surface area contributed by atoms with Crippen molar-refractivity contribution in [3.8, 4) is 5.75 Å². The Morgan fingerprint density at radius 3 is 2.79 bits per heavy atom. The van der Waals surface area contributed by atoms with Crippen molar-refractivity contribution in [2.45, 2.75) is 13.0 Å². The summed E-state index contributed by atoms with van der Waals surface area (Å²) < 4.78 is 14.4. The third kappa shape index (κ3) is 3.28. The second kappa shape index (κ2) is 6.60. The number of aromatic nitrogens is 2. The average molecular weight is 280 g/mol.